The van der Waals surface area contributed by atoms with Crippen LogP contribution in [0.3, 0.4) is 0 Å². The Balaban J connectivity index is 1.77. The Morgan fingerprint density at radius 2 is 1.77 bits per heavy atom. The highest BCUT2D eigenvalue weighted by atomic mass is 16.7. The predicted molar refractivity (Wildman–Crippen MR) is 113 cm³/mol. The van der Waals surface area contributed by atoms with Crippen LogP contribution in [0.1, 0.15) is 26.0 Å². The first-order valence-corrected chi connectivity index (χ1v) is 11.4. The fourth-order valence-electron chi connectivity index (χ4n) is 3.99. The Kier molecular flexibility index (Phi) is 10.3. The third-order valence-electron chi connectivity index (χ3n) is 5.71. The van der Waals surface area contributed by atoms with Crippen LogP contribution >= 0.6 is 0 Å². The summed E-state index contributed by atoms with van der Waals surface area (Å²) in [5.41, 5.74) is 0.404. The number of aromatic amines is 1. The molecule has 0 unspecified atom stereocenters. The summed E-state index contributed by atoms with van der Waals surface area (Å²) in [7, 11) is 0. The molecule has 0 saturated carbocycles. The average molecular weight is 507 g/mol. The molecule has 7 N–H and O–H groups in total. The van der Waals surface area contributed by atoms with Gasteiger partial charge < -0.3 is 54.5 Å². The van der Waals surface area contributed by atoms with Crippen molar-refractivity contribution in [3.05, 3.63) is 11.9 Å². The predicted octanol–water partition coefficient (Wildman–Crippen LogP) is -3.48. The van der Waals surface area contributed by atoms with Crippen LogP contribution in [0.5, 0.6) is 0 Å². The smallest absolute Gasteiger partial charge is 0.217 e. The lowest BCUT2D eigenvalue weighted by atomic mass is 9.95. The molecule has 2 aliphatic heterocycles. The largest absolute Gasteiger partial charge is 0.394 e. The van der Waals surface area contributed by atoms with Gasteiger partial charge in [-0.3, -0.25) is 4.79 Å². The van der Waals surface area contributed by atoms with Crippen molar-refractivity contribution >= 4 is 5.91 Å². The summed E-state index contributed by atoms with van der Waals surface area (Å²) in [5.74, 6) is -0.456. The summed E-state index contributed by atoms with van der Waals surface area (Å²) >= 11 is 0. The second kappa shape index (κ2) is 13.0. The number of aromatic nitrogens is 3. The molecule has 0 bridgehead atoms. The van der Waals surface area contributed by atoms with Crippen molar-refractivity contribution in [2.24, 2.45) is 0 Å². The molecule has 1 amide bonds. The average Bonchev–Trinajstić information content (AvgIpc) is 3.35. The number of nitrogens with zero attached hydrogens (tertiary/aromatic N) is 2. The van der Waals surface area contributed by atoms with Crippen molar-refractivity contribution < 1.29 is 54.0 Å². The number of amides is 1. The van der Waals surface area contributed by atoms with Crippen LogP contribution in [0.15, 0.2) is 6.20 Å². The zero-order valence-electron chi connectivity index (χ0n) is 19.5. The van der Waals surface area contributed by atoms with Crippen LogP contribution in [-0.2, 0) is 35.1 Å². The van der Waals surface area contributed by atoms with Crippen LogP contribution < -0.4 is 5.32 Å². The minimum atomic E-state index is -1.57. The van der Waals surface area contributed by atoms with Gasteiger partial charge in [0.2, 0.25) is 5.91 Å². The number of rotatable bonds is 11. The molecular weight excluding hydrogens is 472 g/mol. The van der Waals surface area contributed by atoms with Crippen LogP contribution in [0.25, 0.3) is 0 Å². The summed E-state index contributed by atoms with van der Waals surface area (Å²) in [6.07, 6.45) is -9.78. The van der Waals surface area contributed by atoms with Gasteiger partial charge in [0.05, 0.1) is 26.0 Å². The molecule has 35 heavy (non-hydrogen) atoms. The topological polar surface area (TPSA) is 218 Å². The van der Waals surface area contributed by atoms with Gasteiger partial charge >= 0.3 is 0 Å². The lowest BCUT2D eigenvalue weighted by Gasteiger charge is -2.47. The molecule has 0 aromatic carbocycles. The first-order chi connectivity index (χ1) is 16.8. The van der Waals surface area contributed by atoms with E-state index in [1.54, 1.807) is 0 Å². The normalized spacial score (nSPS) is 37.8. The summed E-state index contributed by atoms with van der Waals surface area (Å²) in [6, 6.07) is -1.05. The van der Waals surface area contributed by atoms with Crippen molar-refractivity contribution in [1.82, 2.24) is 20.7 Å². The molecule has 2 fully saturated rings. The number of H-pyrrole nitrogens is 1. The van der Waals surface area contributed by atoms with E-state index in [1.807, 2.05) is 6.92 Å². The fourth-order valence-corrected chi connectivity index (χ4v) is 3.99. The number of hydrogen-bond donors (Lipinski definition) is 7. The number of carbonyl (C=O) groups is 1. The maximum absolute atomic E-state index is 11.7. The minimum absolute atomic E-state index is 0.115. The molecule has 2 aliphatic rings. The monoisotopic (exact) mass is 506 g/mol. The zero-order chi connectivity index (χ0) is 25.5. The van der Waals surface area contributed by atoms with Gasteiger partial charge in [-0.05, 0) is 6.42 Å². The first kappa shape index (κ1) is 27.8. The van der Waals surface area contributed by atoms with E-state index in [1.165, 1.54) is 13.1 Å². The van der Waals surface area contributed by atoms with E-state index >= 15 is 0 Å². The second-order valence-corrected chi connectivity index (χ2v) is 8.36. The summed E-state index contributed by atoms with van der Waals surface area (Å²) < 4.78 is 28.3. The third-order valence-corrected chi connectivity index (χ3v) is 5.71. The van der Waals surface area contributed by atoms with Gasteiger partial charge in [-0.25, -0.2) is 0 Å². The van der Waals surface area contributed by atoms with Crippen LogP contribution in [-0.4, -0.2) is 128 Å². The van der Waals surface area contributed by atoms with Crippen molar-refractivity contribution in [2.45, 2.75) is 88.2 Å². The van der Waals surface area contributed by atoms with Gasteiger partial charge in [-0.15, -0.1) is 0 Å². The molecule has 15 heteroatoms. The molecule has 0 aliphatic carbocycles. The molecule has 15 nitrogen and oxygen atoms in total. The Morgan fingerprint density at radius 1 is 1.06 bits per heavy atom. The van der Waals surface area contributed by atoms with Crippen molar-refractivity contribution in [2.75, 3.05) is 19.8 Å². The Hall–Kier alpha value is -1.79. The van der Waals surface area contributed by atoms with Crippen LogP contribution in [0.2, 0.25) is 0 Å². The van der Waals surface area contributed by atoms with Gasteiger partial charge in [0, 0.05) is 13.5 Å². The Labute approximate surface area is 201 Å². The summed E-state index contributed by atoms with van der Waals surface area (Å²) in [4.78, 5) is 11.7. The molecule has 3 heterocycles. The molecule has 0 spiro atoms. The lowest BCUT2D eigenvalue weighted by molar-refractivity contribution is -0.352. The van der Waals surface area contributed by atoms with Crippen LogP contribution in [0.4, 0.5) is 0 Å². The maximum atomic E-state index is 11.7. The van der Waals surface area contributed by atoms with Crippen LogP contribution in [0, 0.1) is 0 Å². The second-order valence-electron chi connectivity index (χ2n) is 8.36. The number of nitrogens with one attached hydrogen (secondary N) is 2. The van der Waals surface area contributed by atoms with Gasteiger partial charge in [0.15, 0.2) is 12.6 Å². The lowest BCUT2D eigenvalue weighted by Crippen LogP contribution is -2.67. The minimum Gasteiger partial charge on any atom is -0.394 e. The van der Waals surface area contributed by atoms with E-state index < -0.39 is 80.5 Å². The highest BCUT2D eigenvalue weighted by Crippen LogP contribution is 2.30. The van der Waals surface area contributed by atoms with Gasteiger partial charge in [0.1, 0.15) is 54.5 Å². The third kappa shape index (κ3) is 6.71. The van der Waals surface area contributed by atoms with Gasteiger partial charge in [-0.1, -0.05) is 6.92 Å². The van der Waals surface area contributed by atoms with E-state index in [9.17, 15) is 30.3 Å². The van der Waals surface area contributed by atoms with E-state index in [-0.39, 0.29) is 13.2 Å². The van der Waals surface area contributed by atoms with Crippen molar-refractivity contribution in [3.8, 4) is 0 Å². The maximum Gasteiger partial charge on any atom is 0.217 e. The number of aliphatic hydroxyl groups excluding tert-OH is 5. The van der Waals surface area contributed by atoms with E-state index in [4.69, 9.17) is 23.7 Å². The molecule has 3 rings (SSSR count). The fraction of sp³-hybridized carbons (Fsp3) is 0.850. The molecule has 200 valence electrons. The van der Waals surface area contributed by atoms with E-state index in [0.29, 0.717) is 12.1 Å². The highest BCUT2D eigenvalue weighted by Gasteiger charge is 2.51. The summed E-state index contributed by atoms with van der Waals surface area (Å²) in [6.45, 7) is 2.10. The van der Waals surface area contributed by atoms with Crippen molar-refractivity contribution in [1.29, 1.82) is 0 Å². The molecular formula is C20H34N4O11. The Morgan fingerprint density at radius 3 is 2.37 bits per heavy atom. The number of carbonyl (C=O) groups excluding carboxylic acids is 1. The quantitative estimate of drug-likeness (QED) is 0.155. The SMILES string of the molecule is CCCO[C@@H]1O[C@H](CO)[C@@H](O[C@@H]2O[C@H](CO)[C@H](O)[C@H](OCc3cn[nH]n3)[C@H]2O)[C@H](O)[C@H]1NC(C)=O. The van der Waals surface area contributed by atoms with Gasteiger partial charge in [-0.2, -0.15) is 15.4 Å². The molecule has 2 saturated heterocycles. The molecule has 10 atom stereocenters. The highest BCUT2D eigenvalue weighted by molar-refractivity contribution is 5.73. The first-order valence-electron chi connectivity index (χ1n) is 11.4. The molecule has 1 aromatic rings. The number of aliphatic hydroxyl groups is 5. The zero-order valence-corrected chi connectivity index (χ0v) is 19.5. The van der Waals surface area contributed by atoms with Gasteiger partial charge in [0.25, 0.3) is 0 Å². The Bertz CT molecular complexity index is 772. The standard InChI is InChI=1S/C20H34N4O11/c1-3-4-31-19-13(22-9(2)27)15(29)17(12(7-26)34-19)35-20-16(30)18(14(28)11(6-25)33-20)32-8-10-5-21-24-23-10/h5,11-20,25-26,28-30H,3-4,6-8H2,1-2H3,(H,22,27)(H,21,23,24)/t11-,12-,13-,14+,15-,16-,17-,18+,19-,20+/m1/s1. The van der Waals surface area contributed by atoms with E-state index in [2.05, 4.69) is 20.7 Å². The number of hydrogen-bond acceptors (Lipinski definition) is 13. The van der Waals surface area contributed by atoms with E-state index in [0.717, 1.165) is 0 Å². The molecule has 0 radical (unpaired) electrons. The summed E-state index contributed by atoms with van der Waals surface area (Å²) in [5, 5.41) is 64.4. The molecule has 1 aromatic heterocycles. The van der Waals surface area contributed by atoms with Crippen molar-refractivity contribution in [3.63, 3.8) is 0 Å². The number of ether oxygens (including phenoxy) is 5.